The fourth-order valence-corrected chi connectivity index (χ4v) is 2.48. The number of hydrogen-bond donors (Lipinski definition) is 2. The summed E-state index contributed by atoms with van der Waals surface area (Å²) in [4.78, 5) is 12.4. The topological polar surface area (TPSA) is 70.9 Å². The zero-order valence-electron chi connectivity index (χ0n) is 13.5. The van der Waals surface area contributed by atoms with Crippen LogP contribution in [0.5, 0.6) is 0 Å². The summed E-state index contributed by atoms with van der Waals surface area (Å²) in [5.74, 6) is 2.26. The van der Waals surface area contributed by atoms with Crippen LogP contribution in [0.25, 0.3) is 5.65 Å². The summed E-state index contributed by atoms with van der Waals surface area (Å²) in [6.45, 7) is 8.44. The number of nitrogens with one attached hydrogen (secondary N) is 2. The van der Waals surface area contributed by atoms with Gasteiger partial charge in [0.25, 0.3) is 0 Å². The molecule has 2 N–H and O–H groups in total. The highest BCUT2D eigenvalue weighted by molar-refractivity contribution is 5.50. The summed E-state index contributed by atoms with van der Waals surface area (Å²) < 4.78 is 1.84. The smallest absolute Gasteiger partial charge is 0.157 e. The third-order valence-electron chi connectivity index (χ3n) is 3.75. The Morgan fingerprint density at radius 3 is 2.82 bits per heavy atom. The van der Waals surface area contributed by atoms with Gasteiger partial charge < -0.3 is 10.3 Å². The summed E-state index contributed by atoms with van der Waals surface area (Å²) in [7, 11) is 0. The largest absolute Gasteiger partial charge is 0.360 e. The van der Waals surface area contributed by atoms with E-state index in [0.717, 1.165) is 35.1 Å². The van der Waals surface area contributed by atoms with Gasteiger partial charge in [-0.15, -0.1) is 0 Å². The number of nitrogens with zero attached hydrogens (tertiary/aromatic N) is 4. The molecule has 0 amide bonds. The molecule has 0 aliphatic heterocycles. The molecule has 116 valence electrons. The average molecular weight is 298 g/mol. The zero-order chi connectivity index (χ0) is 15.7. The van der Waals surface area contributed by atoms with Crippen molar-refractivity contribution in [2.24, 2.45) is 0 Å². The van der Waals surface area contributed by atoms with Gasteiger partial charge in [-0.2, -0.15) is 9.61 Å². The molecule has 0 aromatic carbocycles. The summed E-state index contributed by atoms with van der Waals surface area (Å²) in [5, 5.41) is 7.92. The van der Waals surface area contributed by atoms with E-state index in [1.165, 1.54) is 0 Å². The standard InChI is InChI=1S/C16H22N6/c1-5-12(16-17-9-11(4)19-16)20-15-8-13(10(2)3)21-14-6-7-18-22(14)15/h6-10,12,20H,5H2,1-4H3,(H,17,19)/t12-/m1/s1. The highest BCUT2D eigenvalue weighted by Gasteiger charge is 2.16. The van der Waals surface area contributed by atoms with Crippen LogP contribution in [-0.4, -0.2) is 24.6 Å². The molecule has 0 saturated carbocycles. The first-order chi connectivity index (χ1) is 10.6. The maximum atomic E-state index is 4.64. The second kappa shape index (κ2) is 5.79. The van der Waals surface area contributed by atoms with Gasteiger partial charge in [0.05, 0.1) is 12.2 Å². The van der Waals surface area contributed by atoms with E-state index >= 15 is 0 Å². The minimum absolute atomic E-state index is 0.114. The molecule has 0 unspecified atom stereocenters. The van der Waals surface area contributed by atoms with Crippen molar-refractivity contribution in [1.29, 1.82) is 0 Å². The van der Waals surface area contributed by atoms with Gasteiger partial charge in [0.2, 0.25) is 0 Å². The van der Waals surface area contributed by atoms with Crippen molar-refractivity contribution in [1.82, 2.24) is 24.6 Å². The number of fused-ring (bicyclic) bond motifs is 1. The van der Waals surface area contributed by atoms with Gasteiger partial charge in [-0.1, -0.05) is 20.8 Å². The Morgan fingerprint density at radius 1 is 1.36 bits per heavy atom. The van der Waals surface area contributed by atoms with Crippen LogP contribution in [0.3, 0.4) is 0 Å². The van der Waals surface area contributed by atoms with Gasteiger partial charge in [0.15, 0.2) is 5.65 Å². The van der Waals surface area contributed by atoms with Gasteiger partial charge >= 0.3 is 0 Å². The number of aryl methyl sites for hydroxylation is 1. The van der Waals surface area contributed by atoms with E-state index in [1.807, 2.05) is 23.7 Å². The third kappa shape index (κ3) is 2.68. The van der Waals surface area contributed by atoms with E-state index in [0.29, 0.717) is 5.92 Å². The molecule has 0 bridgehead atoms. The minimum atomic E-state index is 0.114. The molecule has 6 nitrogen and oxygen atoms in total. The molecule has 0 radical (unpaired) electrons. The van der Waals surface area contributed by atoms with Gasteiger partial charge in [-0.3, -0.25) is 0 Å². The molecule has 22 heavy (non-hydrogen) atoms. The molecule has 0 aliphatic carbocycles. The summed E-state index contributed by atoms with van der Waals surface area (Å²) >= 11 is 0. The lowest BCUT2D eigenvalue weighted by atomic mass is 10.1. The van der Waals surface area contributed by atoms with Crippen LogP contribution in [0.15, 0.2) is 24.5 Å². The molecule has 0 spiro atoms. The van der Waals surface area contributed by atoms with Crippen molar-refractivity contribution in [2.45, 2.75) is 46.1 Å². The molecular formula is C16H22N6. The number of aromatic amines is 1. The summed E-state index contributed by atoms with van der Waals surface area (Å²) in [6.07, 6.45) is 4.56. The van der Waals surface area contributed by atoms with Crippen LogP contribution in [0.1, 0.15) is 56.4 Å². The van der Waals surface area contributed by atoms with Gasteiger partial charge in [0, 0.05) is 29.7 Å². The molecule has 0 saturated heterocycles. The SMILES string of the molecule is CC[C@@H](Nc1cc(C(C)C)nc2ccnn12)c1ncc(C)[nH]1. The second-order valence-electron chi connectivity index (χ2n) is 5.88. The Balaban J connectivity index is 1.99. The lowest BCUT2D eigenvalue weighted by Gasteiger charge is -2.18. The number of anilines is 1. The maximum absolute atomic E-state index is 4.64. The third-order valence-corrected chi connectivity index (χ3v) is 3.75. The highest BCUT2D eigenvalue weighted by Crippen LogP contribution is 2.23. The van der Waals surface area contributed by atoms with Gasteiger partial charge in [0.1, 0.15) is 11.6 Å². The van der Waals surface area contributed by atoms with Gasteiger partial charge in [-0.05, 0) is 19.3 Å². The maximum Gasteiger partial charge on any atom is 0.157 e. The zero-order valence-corrected chi connectivity index (χ0v) is 13.5. The molecule has 3 aromatic heterocycles. The fraction of sp³-hybridized carbons (Fsp3) is 0.438. The molecule has 3 heterocycles. The quantitative estimate of drug-likeness (QED) is 0.757. The lowest BCUT2D eigenvalue weighted by molar-refractivity contribution is 0.690. The number of aromatic nitrogens is 5. The van der Waals surface area contributed by atoms with Gasteiger partial charge in [-0.25, -0.2) is 9.97 Å². The molecule has 3 aromatic rings. The fourth-order valence-electron chi connectivity index (χ4n) is 2.48. The molecule has 6 heteroatoms. The summed E-state index contributed by atoms with van der Waals surface area (Å²) in [6, 6.07) is 4.11. The molecular weight excluding hydrogens is 276 g/mol. The van der Waals surface area contributed by atoms with Crippen LogP contribution in [0.4, 0.5) is 5.82 Å². The Kier molecular flexibility index (Phi) is 3.83. The van der Waals surface area contributed by atoms with Crippen molar-refractivity contribution in [3.63, 3.8) is 0 Å². The van der Waals surface area contributed by atoms with Crippen LogP contribution in [-0.2, 0) is 0 Å². The van der Waals surface area contributed by atoms with Crippen LogP contribution >= 0.6 is 0 Å². The Hall–Kier alpha value is -2.37. The minimum Gasteiger partial charge on any atom is -0.360 e. The molecule has 0 fully saturated rings. The second-order valence-corrected chi connectivity index (χ2v) is 5.88. The van der Waals surface area contributed by atoms with Crippen LogP contribution in [0, 0.1) is 6.92 Å². The van der Waals surface area contributed by atoms with Crippen molar-refractivity contribution in [3.05, 3.63) is 41.7 Å². The lowest BCUT2D eigenvalue weighted by Crippen LogP contribution is -2.15. The number of rotatable bonds is 5. The van der Waals surface area contributed by atoms with Crippen molar-refractivity contribution in [2.75, 3.05) is 5.32 Å². The van der Waals surface area contributed by atoms with E-state index < -0.39 is 0 Å². The van der Waals surface area contributed by atoms with Crippen LogP contribution < -0.4 is 5.32 Å². The Labute approximate surface area is 130 Å². The highest BCUT2D eigenvalue weighted by atomic mass is 15.3. The van der Waals surface area contributed by atoms with E-state index in [9.17, 15) is 0 Å². The number of imidazole rings is 1. The van der Waals surface area contributed by atoms with E-state index in [-0.39, 0.29) is 6.04 Å². The normalized spacial score (nSPS) is 13.0. The van der Waals surface area contributed by atoms with Crippen molar-refractivity contribution in [3.8, 4) is 0 Å². The van der Waals surface area contributed by atoms with Crippen molar-refractivity contribution >= 4 is 11.5 Å². The molecule has 0 aliphatic rings. The average Bonchev–Trinajstić information content (AvgIpc) is 3.12. The van der Waals surface area contributed by atoms with Crippen molar-refractivity contribution < 1.29 is 0 Å². The van der Waals surface area contributed by atoms with Crippen LogP contribution in [0.2, 0.25) is 0 Å². The van der Waals surface area contributed by atoms with E-state index in [4.69, 9.17) is 0 Å². The number of H-pyrrole nitrogens is 1. The summed E-state index contributed by atoms with van der Waals surface area (Å²) in [5.41, 5.74) is 2.98. The molecule has 1 atom stereocenters. The number of hydrogen-bond acceptors (Lipinski definition) is 4. The first-order valence-electron chi connectivity index (χ1n) is 7.71. The Bertz CT molecular complexity index is 770. The monoisotopic (exact) mass is 298 g/mol. The van der Waals surface area contributed by atoms with E-state index in [2.05, 4.69) is 52.2 Å². The molecule has 3 rings (SSSR count). The predicted octanol–water partition coefficient (Wildman–Crippen LogP) is 3.45. The Morgan fingerprint density at radius 2 is 2.18 bits per heavy atom. The first-order valence-corrected chi connectivity index (χ1v) is 7.71. The van der Waals surface area contributed by atoms with E-state index in [1.54, 1.807) is 6.20 Å². The predicted molar refractivity (Wildman–Crippen MR) is 87.1 cm³/mol. The first kappa shape index (κ1) is 14.6.